The normalized spacial score (nSPS) is 13.8. The first-order valence-electron chi connectivity index (χ1n) is 6.08. The van der Waals surface area contributed by atoms with Gasteiger partial charge in [-0.2, -0.15) is 0 Å². The minimum absolute atomic E-state index is 0.115. The summed E-state index contributed by atoms with van der Waals surface area (Å²) in [7, 11) is -3.45. The van der Waals surface area contributed by atoms with Gasteiger partial charge < -0.3 is 9.84 Å². The molecular weight excluding hydrogens is 258 g/mol. The molecule has 18 heavy (non-hydrogen) atoms. The number of carboxylic acids is 1. The summed E-state index contributed by atoms with van der Waals surface area (Å²) in [4.78, 5) is 10.3. The minimum atomic E-state index is -3.45. The standard InChI is InChI=1S/C11H23NO5S/c1-4-17-8-10(9(2)3)12-18(15,16)7-5-6-11(13)14/h9-10,12H,4-8H2,1-3H3,(H,13,14). The van der Waals surface area contributed by atoms with Crippen molar-refractivity contribution in [1.29, 1.82) is 0 Å². The fourth-order valence-corrected chi connectivity index (χ4v) is 2.75. The van der Waals surface area contributed by atoms with E-state index in [2.05, 4.69) is 4.72 Å². The molecule has 0 spiro atoms. The third-order valence-electron chi connectivity index (χ3n) is 2.44. The molecule has 0 aromatic carbocycles. The second-order valence-electron chi connectivity index (χ2n) is 4.44. The van der Waals surface area contributed by atoms with E-state index in [-0.39, 0.29) is 30.6 Å². The van der Waals surface area contributed by atoms with Crippen molar-refractivity contribution < 1.29 is 23.1 Å². The van der Waals surface area contributed by atoms with Crippen LogP contribution in [-0.4, -0.2) is 44.5 Å². The number of nitrogens with one attached hydrogen (secondary N) is 1. The summed E-state index contributed by atoms with van der Waals surface area (Å²) in [5.74, 6) is -1.04. The molecule has 1 unspecified atom stereocenters. The molecule has 0 radical (unpaired) electrons. The second-order valence-corrected chi connectivity index (χ2v) is 6.32. The lowest BCUT2D eigenvalue weighted by Gasteiger charge is -2.21. The fraction of sp³-hybridized carbons (Fsp3) is 0.909. The summed E-state index contributed by atoms with van der Waals surface area (Å²) in [6.45, 7) is 6.52. The summed E-state index contributed by atoms with van der Waals surface area (Å²) in [5.41, 5.74) is 0. The first-order valence-corrected chi connectivity index (χ1v) is 7.73. The van der Waals surface area contributed by atoms with Crippen LogP contribution in [0.25, 0.3) is 0 Å². The van der Waals surface area contributed by atoms with Crippen molar-refractivity contribution in [1.82, 2.24) is 4.72 Å². The number of hydrogen-bond acceptors (Lipinski definition) is 4. The van der Waals surface area contributed by atoms with E-state index in [0.29, 0.717) is 13.2 Å². The molecule has 1 atom stereocenters. The van der Waals surface area contributed by atoms with Crippen LogP contribution in [0.3, 0.4) is 0 Å². The van der Waals surface area contributed by atoms with E-state index in [9.17, 15) is 13.2 Å². The van der Waals surface area contributed by atoms with Crippen molar-refractivity contribution in [3.8, 4) is 0 Å². The number of sulfonamides is 1. The lowest BCUT2D eigenvalue weighted by Crippen LogP contribution is -2.42. The summed E-state index contributed by atoms with van der Waals surface area (Å²) < 4.78 is 31.2. The quantitative estimate of drug-likeness (QED) is 0.619. The highest BCUT2D eigenvalue weighted by Gasteiger charge is 2.20. The van der Waals surface area contributed by atoms with E-state index in [4.69, 9.17) is 9.84 Å². The molecule has 0 saturated carbocycles. The molecule has 0 saturated heterocycles. The van der Waals surface area contributed by atoms with Crippen molar-refractivity contribution >= 4 is 16.0 Å². The third kappa shape index (κ3) is 8.43. The van der Waals surface area contributed by atoms with Crippen molar-refractivity contribution in [3.63, 3.8) is 0 Å². The van der Waals surface area contributed by atoms with Gasteiger partial charge in [0.1, 0.15) is 0 Å². The molecule has 0 aliphatic heterocycles. The van der Waals surface area contributed by atoms with Crippen molar-refractivity contribution in [2.45, 2.75) is 39.7 Å². The predicted molar refractivity (Wildman–Crippen MR) is 68.9 cm³/mol. The maximum absolute atomic E-state index is 11.7. The Bertz CT molecular complexity index is 339. The Kier molecular flexibility index (Phi) is 8.13. The van der Waals surface area contributed by atoms with Crippen LogP contribution in [0, 0.1) is 5.92 Å². The minimum Gasteiger partial charge on any atom is -0.481 e. The Hall–Kier alpha value is -0.660. The SMILES string of the molecule is CCOCC(NS(=O)(=O)CCCC(=O)O)C(C)C. The first-order chi connectivity index (χ1) is 8.28. The highest BCUT2D eigenvalue weighted by Crippen LogP contribution is 2.05. The Morgan fingerprint density at radius 3 is 2.44 bits per heavy atom. The lowest BCUT2D eigenvalue weighted by molar-refractivity contribution is -0.137. The highest BCUT2D eigenvalue weighted by molar-refractivity contribution is 7.89. The first kappa shape index (κ1) is 17.3. The van der Waals surface area contributed by atoms with Crippen LogP contribution in [0.4, 0.5) is 0 Å². The molecule has 0 aromatic heterocycles. The summed E-state index contributed by atoms with van der Waals surface area (Å²) in [6.07, 6.45) is -0.0250. The number of ether oxygens (including phenoxy) is 1. The Morgan fingerprint density at radius 1 is 1.39 bits per heavy atom. The number of hydrogen-bond donors (Lipinski definition) is 2. The Morgan fingerprint density at radius 2 is 2.00 bits per heavy atom. The number of carbonyl (C=O) groups is 1. The Labute approximate surface area is 109 Å². The largest absolute Gasteiger partial charge is 0.481 e. The summed E-state index contributed by atoms with van der Waals surface area (Å²) >= 11 is 0. The van der Waals surface area contributed by atoms with E-state index in [0.717, 1.165) is 0 Å². The van der Waals surface area contributed by atoms with Crippen LogP contribution >= 0.6 is 0 Å². The maximum atomic E-state index is 11.7. The van der Waals surface area contributed by atoms with Gasteiger partial charge in [0.05, 0.1) is 12.4 Å². The van der Waals surface area contributed by atoms with E-state index >= 15 is 0 Å². The van der Waals surface area contributed by atoms with Crippen LogP contribution in [0.15, 0.2) is 0 Å². The zero-order valence-electron chi connectivity index (χ0n) is 11.2. The van der Waals surface area contributed by atoms with E-state index in [1.807, 2.05) is 20.8 Å². The smallest absolute Gasteiger partial charge is 0.303 e. The van der Waals surface area contributed by atoms with Gasteiger partial charge in [-0.1, -0.05) is 13.8 Å². The van der Waals surface area contributed by atoms with E-state index < -0.39 is 16.0 Å². The molecule has 0 fully saturated rings. The molecule has 0 heterocycles. The molecule has 0 bridgehead atoms. The highest BCUT2D eigenvalue weighted by atomic mass is 32.2. The molecule has 7 heteroatoms. The van der Waals surface area contributed by atoms with Crippen molar-refractivity contribution in [2.24, 2.45) is 5.92 Å². The van der Waals surface area contributed by atoms with Crippen LogP contribution in [-0.2, 0) is 19.6 Å². The average molecular weight is 281 g/mol. The van der Waals surface area contributed by atoms with Gasteiger partial charge in [0.2, 0.25) is 10.0 Å². The van der Waals surface area contributed by atoms with Crippen LogP contribution in [0.2, 0.25) is 0 Å². The van der Waals surface area contributed by atoms with Crippen LogP contribution in [0.5, 0.6) is 0 Å². The van der Waals surface area contributed by atoms with Gasteiger partial charge in [0.25, 0.3) is 0 Å². The lowest BCUT2D eigenvalue weighted by atomic mass is 10.1. The van der Waals surface area contributed by atoms with Crippen molar-refractivity contribution in [2.75, 3.05) is 19.0 Å². The molecular formula is C11H23NO5S. The monoisotopic (exact) mass is 281 g/mol. The number of rotatable bonds is 10. The zero-order chi connectivity index (χ0) is 14.2. The molecule has 0 rings (SSSR count). The molecule has 0 aliphatic rings. The predicted octanol–water partition coefficient (Wildman–Crippen LogP) is 0.832. The average Bonchev–Trinajstić information content (AvgIpc) is 2.22. The van der Waals surface area contributed by atoms with E-state index in [1.165, 1.54) is 0 Å². The van der Waals surface area contributed by atoms with Gasteiger partial charge in [-0.15, -0.1) is 0 Å². The van der Waals surface area contributed by atoms with Crippen LogP contribution in [0.1, 0.15) is 33.6 Å². The summed E-state index contributed by atoms with van der Waals surface area (Å²) in [6, 6.07) is -0.278. The van der Waals surface area contributed by atoms with Gasteiger partial charge in [0, 0.05) is 19.1 Å². The number of carboxylic acid groups (broad SMARTS) is 1. The van der Waals surface area contributed by atoms with E-state index in [1.54, 1.807) is 0 Å². The Balaban J connectivity index is 4.28. The van der Waals surface area contributed by atoms with Crippen LogP contribution < -0.4 is 4.72 Å². The molecule has 0 aliphatic carbocycles. The van der Waals surface area contributed by atoms with Gasteiger partial charge in [-0.05, 0) is 19.3 Å². The van der Waals surface area contributed by atoms with Gasteiger partial charge in [-0.25, -0.2) is 13.1 Å². The van der Waals surface area contributed by atoms with Gasteiger partial charge in [0.15, 0.2) is 0 Å². The fourth-order valence-electron chi connectivity index (χ4n) is 1.31. The number of aliphatic carboxylic acids is 1. The molecule has 2 N–H and O–H groups in total. The summed E-state index contributed by atoms with van der Waals surface area (Å²) in [5, 5.41) is 8.46. The second kappa shape index (κ2) is 8.44. The molecule has 0 aromatic rings. The van der Waals surface area contributed by atoms with Gasteiger partial charge in [-0.3, -0.25) is 4.79 Å². The maximum Gasteiger partial charge on any atom is 0.303 e. The third-order valence-corrected chi connectivity index (χ3v) is 3.93. The molecule has 6 nitrogen and oxygen atoms in total. The van der Waals surface area contributed by atoms with Crippen molar-refractivity contribution in [3.05, 3.63) is 0 Å². The molecule has 108 valence electrons. The topological polar surface area (TPSA) is 92.7 Å². The zero-order valence-corrected chi connectivity index (χ0v) is 12.0. The van der Waals surface area contributed by atoms with Gasteiger partial charge >= 0.3 is 5.97 Å². The molecule has 0 amide bonds.